The summed E-state index contributed by atoms with van der Waals surface area (Å²) >= 11 is 0. The first-order valence-corrected chi connectivity index (χ1v) is 11.0. The van der Waals surface area contributed by atoms with Crippen LogP contribution in [-0.2, 0) is 19.8 Å². The Morgan fingerprint density at radius 2 is 1.92 bits per heavy atom. The molecule has 2 aromatic carbocycles. The van der Waals surface area contributed by atoms with Gasteiger partial charge in [0.2, 0.25) is 11.7 Å². The minimum Gasteiger partial charge on any atom is -0.496 e. The van der Waals surface area contributed by atoms with Gasteiger partial charge in [0.05, 0.1) is 12.8 Å². The smallest absolute Gasteiger partial charge is 0.426 e. The maximum absolute atomic E-state index is 14.2. The summed E-state index contributed by atoms with van der Waals surface area (Å²) in [6.45, 7) is 4.46. The predicted octanol–water partition coefficient (Wildman–Crippen LogP) is 4.82. The van der Waals surface area contributed by atoms with E-state index in [1.54, 1.807) is 6.92 Å². The molecule has 194 valence electrons. The zero-order valence-electron chi connectivity index (χ0n) is 20.1. The highest BCUT2D eigenvalue weighted by molar-refractivity contribution is 6.05. The number of carbonyl (C=O) groups excluding carboxylic acids is 2. The summed E-state index contributed by atoms with van der Waals surface area (Å²) < 4.78 is 61.6. The zero-order chi connectivity index (χ0) is 26.9. The van der Waals surface area contributed by atoms with Gasteiger partial charge >= 0.3 is 6.18 Å². The predicted molar refractivity (Wildman–Crippen MR) is 123 cm³/mol. The number of fused-ring (bicyclic) bond motifs is 1. The van der Waals surface area contributed by atoms with Crippen molar-refractivity contribution in [2.75, 3.05) is 12.4 Å². The quantitative estimate of drug-likeness (QED) is 0.392. The number of benzene rings is 2. The summed E-state index contributed by atoms with van der Waals surface area (Å²) in [5, 5.41) is 16.8. The van der Waals surface area contributed by atoms with Crippen molar-refractivity contribution in [3.8, 4) is 5.75 Å². The van der Waals surface area contributed by atoms with E-state index in [2.05, 4.69) is 10.5 Å². The second kappa shape index (κ2) is 9.88. The van der Waals surface area contributed by atoms with Gasteiger partial charge in [-0.05, 0) is 42.2 Å². The average molecular weight is 510 g/mol. The third-order valence-corrected chi connectivity index (χ3v) is 6.10. The van der Waals surface area contributed by atoms with E-state index >= 15 is 0 Å². The molecule has 2 aromatic rings. The van der Waals surface area contributed by atoms with Crippen molar-refractivity contribution in [1.82, 2.24) is 0 Å². The molecule has 0 aliphatic carbocycles. The number of aldehydes is 1. The number of hydrogen-bond acceptors (Lipinski definition) is 6. The summed E-state index contributed by atoms with van der Waals surface area (Å²) in [6.07, 6.45) is -6.56. The maximum atomic E-state index is 14.2. The number of nitrogens with zero attached hydrogens (tertiary/aromatic N) is 1. The van der Waals surface area contributed by atoms with Crippen LogP contribution in [0, 0.1) is 5.82 Å². The molecule has 1 heterocycles. The number of oxime groups is 1. The number of hydrogen-bond donors (Lipinski definition) is 2. The third kappa shape index (κ3) is 5.06. The molecule has 1 amide bonds. The van der Waals surface area contributed by atoms with E-state index in [1.807, 2.05) is 0 Å². The van der Waals surface area contributed by atoms with Crippen molar-refractivity contribution in [2.24, 2.45) is 5.16 Å². The molecule has 0 fully saturated rings. The van der Waals surface area contributed by atoms with E-state index in [0.29, 0.717) is 29.5 Å². The minimum absolute atomic E-state index is 0.0460. The largest absolute Gasteiger partial charge is 0.496 e. The van der Waals surface area contributed by atoms with Gasteiger partial charge in [-0.15, -0.1) is 0 Å². The molecule has 1 aliphatic heterocycles. The lowest BCUT2D eigenvalue weighted by Gasteiger charge is -2.37. The number of methoxy groups -OCH3 is 1. The van der Waals surface area contributed by atoms with Crippen LogP contribution in [0.4, 0.5) is 23.2 Å². The first kappa shape index (κ1) is 27.1. The highest BCUT2D eigenvalue weighted by Crippen LogP contribution is 2.44. The average Bonchev–Trinajstić information content (AvgIpc) is 2.82. The van der Waals surface area contributed by atoms with Crippen LogP contribution in [-0.4, -0.2) is 41.9 Å². The van der Waals surface area contributed by atoms with Gasteiger partial charge in [-0.1, -0.05) is 32.0 Å². The van der Waals surface area contributed by atoms with Crippen molar-refractivity contribution in [2.45, 2.75) is 56.9 Å². The van der Waals surface area contributed by atoms with E-state index in [0.717, 1.165) is 12.1 Å². The Bertz CT molecular complexity index is 1200. The van der Waals surface area contributed by atoms with Crippen LogP contribution in [0.5, 0.6) is 5.75 Å². The Hall–Kier alpha value is -3.47. The number of nitrogens with one attached hydrogen (secondary N) is 1. The molecule has 3 rings (SSSR count). The standard InChI is InChI=1S/C25H26F4N2O5/c1-5-19-17-11-15(7-8-16(17)21(12-32)36-31-19)30-22(33)24(34,25(27,28)29)13-23(2,3)18-10-14(26)6-9-20(18)35-4/h6-12,21,34H,5,13H2,1-4H3,(H,30,33). The normalized spacial score (nSPS) is 17.2. The van der Waals surface area contributed by atoms with Crippen LogP contribution < -0.4 is 10.1 Å². The number of halogens is 4. The van der Waals surface area contributed by atoms with Gasteiger partial charge in [-0.25, -0.2) is 4.39 Å². The fraction of sp³-hybridized carbons (Fsp3) is 0.400. The van der Waals surface area contributed by atoms with E-state index in [4.69, 9.17) is 9.57 Å². The lowest BCUT2D eigenvalue weighted by Crippen LogP contribution is -2.57. The van der Waals surface area contributed by atoms with Crippen molar-refractivity contribution >= 4 is 23.6 Å². The molecule has 0 spiro atoms. The van der Waals surface area contributed by atoms with Gasteiger partial charge in [-0.3, -0.25) is 9.59 Å². The SMILES string of the molecule is CCC1=NOC(C=O)c2ccc(NC(=O)C(O)(CC(C)(C)c3cc(F)ccc3OC)C(F)(F)F)cc21. The van der Waals surface area contributed by atoms with Crippen molar-refractivity contribution in [3.05, 3.63) is 58.9 Å². The number of aliphatic hydroxyl groups is 1. The van der Waals surface area contributed by atoms with Crippen LogP contribution in [0.1, 0.15) is 56.4 Å². The summed E-state index contributed by atoms with van der Waals surface area (Å²) in [5.41, 5.74) is -4.06. The Morgan fingerprint density at radius 3 is 2.50 bits per heavy atom. The van der Waals surface area contributed by atoms with Crippen molar-refractivity contribution in [3.63, 3.8) is 0 Å². The summed E-state index contributed by atoms with van der Waals surface area (Å²) in [5.74, 6) is -2.31. The summed E-state index contributed by atoms with van der Waals surface area (Å²) in [4.78, 5) is 29.3. The highest BCUT2D eigenvalue weighted by atomic mass is 19.4. The molecule has 0 aromatic heterocycles. The molecule has 7 nitrogen and oxygen atoms in total. The number of alkyl halides is 3. The molecule has 0 bridgehead atoms. The lowest BCUT2D eigenvalue weighted by molar-refractivity contribution is -0.254. The molecule has 0 radical (unpaired) electrons. The summed E-state index contributed by atoms with van der Waals surface area (Å²) in [7, 11) is 1.28. The van der Waals surface area contributed by atoms with Crippen LogP contribution in [0.3, 0.4) is 0 Å². The Kier molecular flexibility index (Phi) is 7.45. The Labute approximate surface area is 205 Å². The molecule has 2 unspecified atom stereocenters. The van der Waals surface area contributed by atoms with Crippen LogP contribution in [0.15, 0.2) is 41.6 Å². The van der Waals surface area contributed by atoms with E-state index in [-0.39, 0.29) is 17.0 Å². The Balaban J connectivity index is 1.97. The van der Waals surface area contributed by atoms with Crippen molar-refractivity contribution in [1.29, 1.82) is 0 Å². The molecule has 2 atom stereocenters. The van der Waals surface area contributed by atoms with Gasteiger partial charge < -0.3 is 20.0 Å². The van der Waals surface area contributed by atoms with E-state index in [9.17, 15) is 32.3 Å². The molecular formula is C25H26F4N2O5. The van der Waals surface area contributed by atoms with Gasteiger partial charge in [0.25, 0.3) is 5.91 Å². The summed E-state index contributed by atoms with van der Waals surface area (Å²) in [6, 6.07) is 7.45. The Morgan fingerprint density at radius 1 is 1.22 bits per heavy atom. The fourth-order valence-corrected chi connectivity index (χ4v) is 4.20. The molecule has 0 saturated heterocycles. The topological polar surface area (TPSA) is 97.2 Å². The number of rotatable bonds is 8. The van der Waals surface area contributed by atoms with Crippen LogP contribution in [0.2, 0.25) is 0 Å². The molecule has 0 saturated carbocycles. The molecular weight excluding hydrogens is 484 g/mol. The monoisotopic (exact) mass is 510 g/mol. The van der Waals surface area contributed by atoms with Crippen LogP contribution >= 0.6 is 0 Å². The highest BCUT2D eigenvalue weighted by Gasteiger charge is 2.61. The fourth-order valence-electron chi connectivity index (χ4n) is 4.20. The van der Waals surface area contributed by atoms with E-state index in [1.165, 1.54) is 45.2 Å². The number of anilines is 1. The van der Waals surface area contributed by atoms with Gasteiger partial charge in [-0.2, -0.15) is 13.2 Å². The van der Waals surface area contributed by atoms with Crippen molar-refractivity contribution < 1.29 is 41.8 Å². The molecule has 11 heteroatoms. The number of ether oxygens (including phenoxy) is 1. The molecule has 2 N–H and O–H groups in total. The number of amides is 1. The van der Waals surface area contributed by atoms with Gasteiger partial charge in [0.1, 0.15) is 11.6 Å². The first-order valence-electron chi connectivity index (χ1n) is 11.0. The number of carbonyl (C=O) groups is 2. The lowest BCUT2D eigenvalue weighted by atomic mass is 9.74. The molecule has 1 aliphatic rings. The maximum Gasteiger partial charge on any atom is 0.426 e. The van der Waals surface area contributed by atoms with Crippen LogP contribution in [0.25, 0.3) is 0 Å². The zero-order valence-corrected chi connectivity index (χ0v) is 20.1. The van der Waals surface area contributed by atoms with Gasteiger partial charge in [0, 0.05) is 28.8 Å². The third-order valence-electron chi connectivity index (χ3n) is 6.10. The molecule has 36 heavy (non-hydrogen) atoms. The second-order valence-corrected chi connectivity index (χ2v) is 9.07. The van der Waals surface area contributed by atoms with Gasteiger partial charge in [0.15, 0.2) is 6.29 Å². The van der Waals surface area contributed by atoms with E-state index < -0.39 is 41.4 Å². The second-order valence-electron chi connectivity index (χ2n) is 9.07. The first-order chi connectivity index (χ1) is 16.8. The minimum atomic E-state index is -5.37.